The van der Waals surface area contributed by atoms with Gasteiger partial charge in [-0.05, 0) is 0 Å². The summed E-state index contributed by atoms with van der Waals surface area (Å²) in [5.41, 5.74) is -12.8. The fraction of sp³-hybridized carbons (Fsp3) is 0.111. The Morgan fingerprint density at radius 3 is 0.982 bits per heavy atom. The van der Waals surface area contributed by atoms with E-state index in [1.54, 1.807) is 0 Å². The standard InChI is InChI=1S/2C18H8F6O3.Mn/c2*19-17(20,21)9-5-8(6-10(7-9)18(22,23)24)14(25)13-15(26)11-3-1-2-4-12(11)16(13)27;/h2*1-7,26H;/q;;+2/p-2. The summed E-state index contributed by atoms with van der Waals surface area (Å²) in [6, 6.07) is 9.93. The predicted molar refractivity (Wildman–Crippen MR) is 159 cm³/mol. The molecule has 0 bridgehead atoms. The quantitative estimate of drug-likeness (QED) is 0.0762. The van der Waals surface area contributed by atoms with Gasteiger partial charge in [0.2, 0.25) is 0 Å². The molecule has 19 heteroatoms. The maximum atomic E-state index is 13.6. The van der Waals surface area contributed by atoms with E-state index in [1.165, 1.54) is 36.4 Å². The van der Waals surface area contributed by atoms with E-state index < -0.39 is 119 Å². The van der Waals surface area contributed by atoms with Crippen molar-refractivity contribution in [2.45, 2.75) is 24.7 Å². The van der Waals surface area contributed by atoms with Crippen LogP contribution in [0.3, 0.4) is 0 Å². The van der Waals surface area contributed by atoms with Crippen molar-refractivity contribution >= 4 is 34.7 Å². The van der Waals surface area contributed by atoms with Crippen molar-refractivity contribution in [2.75, 3.05) is 0 Å². The number of hydrogen-bond acceptors (Lipinski definition) is 6. The van der Waals surface area contributed by atoms with Gasteiger partial charge in [-0.1, -0.05) is 0 Å². The van der Waals surface area contributed by atoms with Gasteiger partial charge in [0.05, 0.1) is 0 Å². The monoisotopic (exact) mass is 825 g/mol. The third kappa shape index (κ3) is 7.41. The fourth-order valence-corrected chi connectivity index (χ4v) is 6.36. The second-order valence-electron chi connectivity index (χ2n) is 11.6. The first-order chi connectivity index (χ1) is 25.5. The number of allylic oxidation sites excluding steroid dienone is 2. The Bertz CT molecular complexity index is 2150. The van der Waals surface area contributed by atoms with Crippen LogP contribution >= 0.6 is 0 Å². The number of alkyl halides is 12. The van der Waals surface area contributed by atoms with E-state index in [-0.39, 0.29) is 58.7 Å². The summed E-state index contributed by atoms with van der Waals surface area (Å²) < 4.78 is 174. The predicted octanol–water partition coefficient (Wildman–Crippen LogP) is 9.99. The van der Waals surface area contributed by atoms with Gasteiger partial charge in [0.15, 0.2) is 0 Å². The first kappa shape index (κ1) is 39.0. The molecule has 0 fully saturated rings. The topological polar surface area (TPSA) is 86.7 Å². The molecule has 0 aromatic heterocycles. The number of carbonyl (C=O) groups excluding carboxylic acids is 4. The molecule has 0 aliphatic heterocycles. The molecular formula is C36H14F12MnO6. The Morgan fingerprint density at radius 1 is 0.436 bits per heavy atom. The molecule has 2 aliphatic carbocycles. The molecule has 0 amide bonds. The van der Waals surface area contributed by atoms with Crippen LogP contribution in [0.15, 0.2) is 96.1 Å². The van der Waals surface area contributed by atoms with Crippen molar-refractivity contribution < 1.29 is 95.1 Å². The molecule has 55 heavy (non-hydrogen) atoms. The Hall–Kier alpha value is -5.68. The number of rotatable bonds is 8. The van der Waals surface area contributed by atoms with Crippen LogP contribution in [0, 0.1) is 0 Å². The van der Waals surface area contributed by atoms with Crippen LogP contribution in [0.25, 0.3) is 11.5 Å². The number of halogens is 12. The molecule has 6 nitrogen and oxygen atoms in total. The minimum atomic E-state index is -5.36. The number of ketones is 4. The van der Waals surface area contributed by atoms with Gasteiger partial charge in [-0.25, -0.2) is 0 Å². The van der Waals surface area contributed by atoms with Gasteiger partial charge < -0.3 is 0 Å². The zero-order valence-electron chi connectivity index (χ0n) is 26.4. The Labute approximate surface area is 305 Å². The summed E-state index contributed by atoms with van der Waals surface area (Å²) in [6.07, 6.45) is -21.4. The first-order valence-corrected chi connectivity index (χ1v) is 15.9. The number of hydrogen-bond donors (Lipinski definition) is 0. The molecule has 0 N–H and O–H groups in total. The Balaban J connectivity index is 1.42. The molecule has 4 aromatic carbocycles. The van der Waals surface area contributed by atoms with Crippen LogP contribution in [0.1, 0.15) is 74.8 Å². The molecule has 2 aliphatic rings. The Morgan fingerprint density at radius 2 is 0.709 bits per heavy atom. The molecule has 0 spiro atoms. The SMILES string of the molecule is O=C(C1=C([O][Mn][O]C2=C(C(=O)c3cc(C(F)(F)F)cc(C(F)(F)F)c3)C(=O)c3ccccc32)c2ccccc2C1=O)c1cc(C(F)(F)F)cc(C(F)(F)F)c1. The molecule has 0 radical (unpaired) electrons. The van der Waals surface area contributed by atoms with Crippen molar-refractivity contribution in [3.05, 3.63) is 152 Å². The van der Waals surface area contributed by atoms with E-state index in [0.29, 0.717) is 0 Å². The summed E-state index contributed by atoms with van der Waals surface area (Å²) in [7, 11) is 0. The van der Waals surface area contributed by atoms with E-state index in [4.69, 9.17) is 7.64 Å². The van der Waals surface area contributed by atoms with Crippen molar-refractivity contribution in [1.82, 2.24) is 0 Å². The molecule has 4 aromatic rings. The van der Waals surface area contributed by atoms with Gasteiger partial charge in [0.25, 0.3) is 0 Å². The van der Waals surface area contributed by atoms with Crippen molar-refractivity contribution in [2.24, 2.45) is 0 Å². The number of carbonyl (C=O) groups is 4. The van der Waals surface area contributed by atoms with Crippen LogP contribution in [-0.4, -0.2) is 23.1 Å². The summed E-state index contributed by atoms with van der Waals surface area (Å²) in [5.74, 6) is -6.99. The average molecular weight is 825 g/mol. The second kappa shape index (κ2) is 13.6. The third-order valence-electron chi connectivity index (χ3n) is 8.11. The molecular weight excluding hydrogens is 811 g/mol. The molecule has 0 unspecified atom stereocenters. The maximum absolute atomic E-state index is 13.6. The van der Waals surface area contributed by atoms with Crippen LogP contribution in [0.4, 0.5) is 52.7 Å². The van der Waals surface area contributed by atoms with Crippen molar-refractivity contribution in [3.63, 3.8) is 0 Å². The first-order valence-electron chi connectivity index (χ1n) is 14.9. The summed E-state index contributed by atoms with van der Waals surface area (Å²) in [6.45, 7) is 0. The fourth-order valence-electron chi connectivity index (χ4n) is 5.62. The van der Waals surface area contributed by atoms with Gasteiger partial charge in [-0.2, -0.15) is 0 Å². The van der Waals surface area contributed by atoms with E-state index in [1.807, 2.05) is 0 Å². The van der Waals surface area contributed by atoms with Gasteiger partial charge in [0, 0.05) is 0 Å². The van der Waals surface area contributed by atoms with Crippen molar-refractivity contribution in [1.29, 1.82) is 0 Å². The van der Waals surface area contributed by atoms with Gasteiger partial charge in [0.1, 0.15) is 0 Å². The molecule has 285 valence electrons. The van der Waals surface area contributed by atoms with Gasteiger partial charge in [-0.15, -0.1) is 0 Å². The van der Waals surface area contributed by atoms with Crippen LogP contribution in [-0.2, 0) is 48.0 Å². The molecule has 0 atom stereocenters. The second-order valence-corrected chi connectivity index (χ2v) is 12.3. The number of fused-ring (bicyclic) bond motifs is 2. The Kier molecular flexibility index (Phi) is 9.62. The average Bonchev–Trinajstić information content (AvgIpc) is 3.55. The molecule has 0 saturated heterocycles. The van der Waals surface area contributed by atoms with Crippen molar-refractivity contribution in [3.8, 4) is 0 Å². The minimum absolute atomic E-state index is 0.0965. The van der Waals surface area contributed by atoms with Crippen LogP contribution in [0.2, 0.25) is 0 Å². The summed E-state index contributed by atoms with van der Waals surface area (Å²) >= 11 is -1.55. The van der Waals surface area contributed by atoms with Crippen LogP contribution < -0.4 is 0 Å². The van der Waals surface area contributed by atoms with E-state index in [2.05, 4.69) is 0 Å². The van der Waals surface area contributed by atoms with Crippen LogP contribution in [0.5, 0.6) is 0 Å². The molecule has 0 heterocycles. The summed E-state index contributed by atoms with van der Waals surface area (Å²) in [4.78, 5) is 54.1. The molecule has 0 saturated carbocycles. The third-order valence-corrected chi connectivity index (χ3v) is 8.79. The van der Waals surface area contributed by atoms with Gasteiger partial charge >= 0.3 is 306 Å². The van der Waals surface area contributed by atoms with Gasteiger partial charge in [-0.3, -0.25) is 0 Å². The molecule has 6 rings (SSSR count). The van der Waals surface area contributed by atoms with E-state index in [9.17, 15) is 71.9 Å². The normalized spacial score (nSPS) is 14.7. The zero-order chi connectivity index (χ0) is 40.4. The van der Waals surface area contributed by atoms with E-state index in [0.717, 1.165) is 12.1 Å². The number of Topliss-reactive ketones (excluding diaryl/α,β-unsaturated/α-hetero) is 4. The zero-order valence-corrected chi connectivity index (χ0v) is 27.6. The van der Waals surface area contributed by atoms with E-state index >= 15 is 0 Å². The number of benzene rings is 4. The summed E-state index contributed by atoms with van der Waals surface area (Å²) in [5, 5.41) is 0.